The Bertz CT molecular complexity index is 897. The zero-order valence-electron chi connectivity index (χ0n) is 14.0. The summed E-state index contributed by atoms with van der Waals surface area (Å²) in [6.45, 7) is 1.75. The minimum atomic E-state index is -3.58. The van der Waals surface area contributed by atoms with Gasteiger partial charge >= 0.3 is 0 Å². The molecule has 7 heteroatoms. The van der Waals surface area contributed by atoms with Crippen LogP contribution in [0, 0.1) is 0 Å². The molecule has 0 aromatic heterocycles. The van der Waals surface area contributed by atoms with E-state index in [0.717, 1.165) is 32.7 Å². The van der Waals surface area contributed by atoms with E-state index in [1.54, 1.807) is 29.2 Å². The number of sulfonamides is 1. The van der Waals surface area contributed by atoms with Crippen molar-refractivity contribution in [2.24, 2.45) is 0 Å². The molecule has 0 saturated carbocycles. The second-order valence-electron chi connectivity index (χ2n) is 6.19. The molecule has 0 radical (unpaired) electrons. The van der Waals surface area contributed by atoms with E-state index in [2.05, 4.69) is 15.9 Å². The largest absolute Gasteiger partial charge is 0.307 e. The Labute approximate surface area is 156 Å². The van der Waals surface area contributed by atoms with Gasteiger partial charge in [-0.3, -0.25) is 9.10 Å². The molecule has 1 aliphatic heterocycles. The maximum atomic E-state index is 12.9. The lowest BCUT2D eigenvalue weighted by molar-refractivity contribution is -0.117. The van der Waals surface area contributed by atoms with Crippen molar-refractivity contribution in [2.45, 2.75) is 19.4 Å². The normalized spacial score (nSPS) is 16.6. The molecule has 0 fully saturated rings. The number of nitrogens with zero attached hydrogens (tertiary/aromatic N) is 2. The van der Waals surface area contributed by atoms with Gasteiger partial charge in [0.1, 0.15) is 6.54 Å². The molecule has 0 bridgehead atoms. The Kier molecular flexibility index (Phi) is 4.88. The van der Waals surface area contributed by atoms with Crippen molar-refractivity contribution < 1.29 is 13.2 Å². The number of para-hydroxylation sites is 1. The van der Waals surface area contributed by atoms with Gasteiger partial charge in [-0.2, -0.15) is 0 Å². The minimum Gasteiger partial charge on any atom is -0.307 e. The van der Waals surface area contributed by atoms with Crippen LogP contribution in [0.3, 0.4) is 0 Å². The summed E-state index contributed by atoms with van der Waals surface area (Å²) in [4.78, 5) is 14.6. The Hall–Kier alpha value is -1.86. The quantitative estimate of drug-likeness (QED) is 0.759. The Balaban J connectivity index is 1.90. The van der Waals surface area contributed by atoms with E-state index in [0.29, 0.717) is 5.69 Å². The summed E-state index contributed by atoms with van der Waals surface area (Å²) in [7, 11) is -3.58. The molecule has 1 aliphatic rings. The molecular weight excluding hydrogens is 404 g/mol. The first-order valence-electron chi connectivity index (χ1n) is 7.90. The highest BCUT2D eigenvalue weighted by Gasteiger charge is 2.32. The minimum absolute atomic E-state index is 0.0104. The highest BCUT2D eigenvalue weighted by Crippen LogP contribution is 2.32. The molecule has 0 aliphatic carbocycles. The summed E-state index contributed by atoms with van der Waals surface area (Å²) < 4.78 is 26.5. The van der Waals surface area contributed by atoms with Crippen LogP contribution in [0.25, 0.3) is 0 Å². The van der Waals surface area contributed by atoms with Gasteiger partial charge in [0.15, 0.2) is 0 Å². The molecule has 1 heterocycles. The van der Waals surface area contributed by atoms with Crippen molar-refractivity contribution in [2.75, 3.05) is 22.0 Å². The van der Waals surface area contributed by atoms with Gasteiger partial charge in [-0.1, -0.05) is 34.1 Å². The monoisotopic (exact) mass is 422 g/mol. The van der Waals surface area contributed by atoms with Crippen molar-refractivity contribution in [3.63, 3.8) is 0 Å². The Morgan fingerprint density at radius 2 is 1.84 bits per heavy atom. The predicted octanol–water partition coefficient (Wildman–Crippen LogP) is 3.19. The summed E-state index contributed by atoms with van der Waals surface area (Å²) in [6, 6.07) is 14.6. The molecule has 5 nitrogen and oxygen atoms in total. The summed E-state index contributed by atoms with van der Waals surface area (Å²) in [5, 5.41) is 0. The molecule has 0 saturated heterocycles. The summed E-state index contributed by atoms with van der Waals surface area (Å²) in [5.41, 5.74) is 2.45. The zero-order valence-corrected chi connectivity index (χ0v) is 16.4. The maximum absolute atomic E-state index is 12.9. The number of halogens is 1. The van der Waals surface area contributed by atoms with E-state index >= 15 is 0 Å². The van der Waals surface area contributed by atoms with E-state index in [-0.39, 0.29) is 18.5 Å². The SMILES string of the molecule is C[C@@H]1Cc2ccccc2N1C(=O)CN(c1ccc(Br)cc1)S(C)(=O)=O. The van der Waals surface area contributed by atoms with Crippen molar-refractivity contribution in [1.29, 1.82) is 0 Å². The van der Waals surface area contributed by atoms with Crippen LogP contribution in [0.4, 0.5) is 11.4 Å². The second kappa shape index (κ2) is 6.80. The van der Waals surface area contributed by atoms with E-state index in [1.165, 1.54) is 0 Å². The Morgan fingerprint density at radius 3 is 2.48 bits per heavy atom. The third-order valence-corrected chi connectivity index (χ3v) is 5.94. The number of carbonyl (C=O) groups is 1. The molecule has 132 valence electrons. The number of rotatable bonds is 4. The van der Waals surface area contributed by atoms with Crippen LogP contribution in [0.1, 0.15) is 12.5 Å². The van der Waals surface area contributed by atoms with E-state index in [1.807, 2.05) is 31.2 Å². The van der Waals surface area contributed by atoms with Crippen molar-refractivity contribution >= 4 is 43.2 Å². The van der Waals surface area contributed by atoms with Crippen LogP contribution < -0.4 is 9.21 Å². The van der Waals surface area contributed by atoms with Gasteiger partial charge < -0.3 is 4.90 Å². The summed E-state index contributed by atoms with van der Waals surface area (Å²) in [5.74, 6) is -0.231. The van der Waals surface area contributed by atoms with Gasteiger partial charge in [-0.15, -0.1) is 0 Å². The number of hydrogen-bond acceptors (Lipinski definition) is 3. The number of amides is 1. The Morgan fingerprint density at radius 1 is 1.20 bits per heavy atom. The molecule has 0 spiro atoms. The average Bonchev–Trinajstić information content (AvgIpc) is 2.88. The summed E-state index contributed by atoms with van der Waals surface area (Å²) in [6.07, 6.45) is 1.89. The van der Waals surface area contributed by atoms with Crippen LogP contribution in [0.2, 0.25) is 0 Å². The molecule has 1 atom stereocenters. The number of anilines is 2. The molecule has 3 rings (SSSR count). The van der Waals surface area contributed by atoms with Gasteiger partial charge in [0.2, 0.25) is 15.9 Å². The lowest BCUT2D eigenvalue weighted by Gasteiger charge is -2.27. The van der Waals surface area contributed by atoms with Crippen LogP contribution in [-0.2, 0) is 21.2 Å². The zero-order chi connectivity index (χ0) is 18.2. The molecule has 0 N–H and O–H groups in total. The van der Waals surface area contributed by atoms with Crippen LogP contribution >= 0.6 is 15.9 Å². The van der Waals surface area contributed by atoms with Crippen LogP contribution in [0.15, 0.2) is 53.0 Å². The highest BCUT2D eigenvalue weighted by molar-refractivity contribution is 9.10. The van der Waals surface area contributed by atoms with Gasteiger partial charge in [0, 0.05) is 16.2 Å². The van der Waals surface area contributed by atoms with Crippen LogP contribution in [0.5, 0.6) is 0 Å². The maximum Gasteiger partial charge on any atom is 0.248 e. The van der Waals surface area contributed by atoms with Gasteiger partial charge in [0.25, 0.3) is 0 Å². The standard InChI is InChI=1S/C18H19BrN2O3S/c1-13-11-14-5-3-4-6-17(14)21(13)18(22)12-20(25(2,23)24)16-9-7-15(19)8-10-16/h3-10,13H,11-12H2,1-2H3/t13-/m1/s1. The first kappa shape index (κ1) is 17.9. The fourth-order valence-electron chi connectivity index (χ4n) is 3.15. The molecule has 0 unspecified atom stereocenters. The summed E-state index contributed by atoms with van der Waals surface area (Å²) >= 11 is 3.33. The molecule has 25 heavy (non-hydrogen) atoms. The highest BCUT2D eigenvalue weighted by atomic mass is 79.9. The van der Waals surface area contributed by atoms with Gasteiger partial charge in [0.05, 0.1) is 11.9 Å². The van der Waals surface area contributed by atoms with E-state index < -0.39 is 10.0 Å². The first-order chi connectivity index (χ1) is 11.8. The van der Waals surface area contributed by atoms with Gasteiger partial charge in [-0.05, 0) is 49.2 Å². The number of fused-ring (bicyclic) bond motifs is 1. The smallest absolute Gasteiger partial charge is 0.248 e. The number of carbonyl (C=O) groups excluding carboxylic acids is 1. The van der Waals surface area contributed by atoms with Gasteiger partial charge in [-0.25, -0.2) is 8.42 Å². The lowest BCUT2D eigenvalue weighted by Crippen LogP contribution is -2.45. The number of benzene rings is 2. The molecule has 2 aromatic rings. The predicted molar refractivity (Wildman–Crippen MR) is 103 cm³/mol. The third kappa shape index (κ3) is 3.72. The second-order valence-corrected chi connectivity index (χ2v) is 9.01. The third-order valence-electron chi connectivity index (χ3n) is 4.27. The fourth-order valence-corrected chi connectivity index (χ4v) is 4.27. The van der Waals surface area contributed by atoms with Crippen LogP contribution in [-0.4, -0.2) is 33.2 Å². The molecule has 1 amide bonds. The van der Waals surface area contributed by atoms with Crippen molar-refractivity contribution in [1.82, 2.24) is 0 Å². The van der Waals surface area contributed by atoms with Crippen molar-refractivity contribution in [3.05, 3.63) is 58.6 Å². The molecular formula is C18H19BrN2O3S. The number of hydrogen-bond donors (Lipinski definition) is 0. The first-order valence-corrected chi connectivity index (χ1v) is 10.5. The van der Waals surface area contributed by atoms with E-state index in [9.17, 15) is 13.2 Å². The van der Waals surface area contributed by atoms with E-state index in [4.69, 9.17) is 0 Å². The fraction of sp³-hybridized carbons (Fsp3) is 0.278. The molecule has 2 aromatic carbocycles. The van der Waals surface area contributed by atoms with Crippen molar-refractivity contribution in [3.8, 4) is 0 Å². The topological polar surface area (TPSA) is 57.7 Å². The lowest BCUT2D eigenvalue weighted by atomic mass is 10.1. The average molecular weight is 423 g/mol.